The van der Waals surface area contributed by atoms with Crippen molar-refractivity contribution in [3.05, 3.63) is 22.4 Å². The molecule has 0 aliphatic carbocycles. The zero-order chi connectivity index (χ0) is 11.5. The second kappa shape index (κ2) is 4.90. The predicted octanol–water partition coefficient (Wildman–Crippen LogP) is 1.47. The first-order valence-corrected chi connectivity index (χ1v) is 6.12. The Morgan fingerprint density at radius 3 is 2.94 bits per heavy atom. The number of nitrogens with zero attached hydrogens (tertiary/aromatic N) is 2. The molecule has 1 aromatic rings. The smallest absolute Gasteiger partial charge is 0.116 e. The van der Waals surface area contributed by atoms with Crippen LogP contribution in [-0.4, -0.2) is 16.2 Å². The van der Waals surface area contributed by atoms with Crippen molar-refractivity contribution in [1.82, 2.24) is 15.0 Å². The molecule has 88 valence electrons. The van der Waals surface area contributed by atoms with Gasteiger partial charge in [-0.15, -0.1) is 5.10 Å². The summed E-state index contributed by atoms with van der Waals surface area (Å²) in [5.41, 5.74) is 3.77. The fourth-order valence-corrected chi connectivity index (χ4v) is 2.61. The summed E-state index contributed by atoms with van der Waals surface area (Å²) < 4.78 is 9.53. The molecule has 3 N–H and O–H groups in total. The van der Waals surface area contributed by atoms with Crippen LogP contribution in [0.5, 0.6) is 0 Å². The number of hydrogen-bond donors (Lipinski definition) is 2. The van der Waals surface area contributed by atoms with E-state index in [9.17, 15) is 0 Å². The molecular formula is C10H16N4OS. The molecule has 1 unspecified atom stereocenters. The molecule has 2 rings (SSSR count). The minimum absolute atomic E-state index is 0.111. The first kappa shape index (κ1) is 11.5. The molecule has 1 atom stereocenters. The maximum atomic E-state index is 5.59. The quantitative estimate of drug-likeness (QED) is 0.616. The Hall–Kier alpha value is -0.980. The second-order valence-electron chi connectivity index (χ2n) is 4.02. The number of rotatable bonds is 4. The summed E-state index contributed by atoms with van der Waals surface area (Å²) in [6, 6.07) is -0.111. The van der Waals surface area contributed by atoms with Crippen LogP contribution >= 0.6 is 11.5 Å². The summed E-state index contributed by atoms with van der Waals surface area (Å²) in [6.07, 6.45) is 3.01. The molecule has 16 heavy (non-hydrogen) atoms. The van der Waals surface area contributed by atoms with Crippen molar-refractivity contribution in [2.24, 2.45) is 5.84 Å². The molecule has 0 fully saturated rings. The minimum Gasteiger partial charge on any atom is -0.496 e. The Kier molecular flexibility index (Phi) is 3.52. The van der Waals surface area contributed by atoms with E-state index < -0.39 is 0 Å². The lowest BCUT2D eigenvalue weighted by molar-refractivity contribution is 0.216. The minimum atomic E-state index is -0.111. The van der Waals surface area contributed by atoms with Crippen LogP contribution in [0.2, 0.25) is 0 Å². The fourth-order valence-electron chi connectivity index (χ4n) is 1.73. The normalized spacial score (nSPS) is 17.4. The highest BCUT2D eigenvalue weighted by Crippen LogP contribution is 2.32. The van der Waals surface area contributed by atoms with Crippen LogP contribution in [0, 0.1) is 0 Å². The molecular weight excluding hydrogens is 224 g/mol. The third-order valence-electron chi connectivity index (χ3n) is 2.53. The first-order valence-electron chi connectivity index (χ1n) is 5.35. The molecule has 1 aliphatic rings. The number of hydrogen-bond acceptors (Lipinski definition) is 6. The van der Waals surface area contributed by atoms with E-state index in [1.165, 1.54) is 11.5 Å². The van der Waals surface area contributed by atoms with E-state index in [0.717, 1.165) is 29.4 Å². The zero-order valence-corrected chi connectivity index (χ0v) is 10.3. The Morgan fingerprint density at radius 2 is 2.38 bits per heavy atom. The van der Waals surface area contributed by atoms with Crippen molar-refractivity contribution < 1.29 is 4.74 Å². The SMILES string of the molecule is CC(C)c1nnsc1C(NN)C1=CCCO1. The Bertz CT molecular complexity index is 388. The Balaban J connectivity index is 2.29. The molecule has 1 aromatic heterocycles. The van der Waals surface area contributed by atoms with E-state index in [1.807, 2.05) is 0 Å². The summed E-state index contributed by atoms with van der Waals surface area (Å²) in [6.45, 7) is 4.92. The van der Waals surface area contributed by atoms with Crippen molar-refractivity contribution in [1.29, 1.82) is 0 Å². The molecule has 0 spiro atoms. The summed E-state index contributed by atoms with van der Waals surface area (Å²) in [5, 5.41) is 4.15. The zero-order valence-electron chi connectivity index (χ0n) is 9.43. The van der Waals surface area contributed by atoms with Crippen molar-refractivity contribution in [2.45, 2.75) is 32.2 Å². The summed E-state index contributed by atoms with van der Waals surface area (Å²) >= 11 is 1.37. The number of ether oxygens (including phenoxy) is 1. The largest absolute Gasteiger partial charge is 0.496 e. The van der Waals surface area contributed by atoms with Crippen LogP contribution < -0.4 is 11.3 Å². The molecule has 0 saturated carbocycles. The van der Waals surface area contributed by atoms with Gasteiger partial charge in [-0.1, -0.05) is 18.3 Å². The van der Waals surface area contributed by atoms with Gasteiger partial charge < -0.3 is 4.74 Å². The monoisotopic (exact) mass is 240 g/mol. The van der Waals surface area contributed by atoms with Gasteiger partial charge in [0.25, 0.3) is 0 Å². The van der Waals surface area contributed by atoms with Crippen LogP contribution in [0.25, 0.3) is 0 Å². The lowest BCUT2D eigenvalue weighted by atomic mass is 10.1. The first-order chi connectivity index (χ1) is 7.74. The van der Waals surface area contributed by atoms with Crippen LogP contribution in [-0.2, 0) is 4.74 Å². The maximum absolute atomic E-state index is 5.59. The molecule has 0 bridgehead atoms. The molecule has 5 nitrogen and oxygen atoms in total. The van der Waals surface area contributed by atoms with E-state index in [-0.39, 0.29) is 6.04 Å². The number of hydrazine groups is 1. The highest BCUT2D eigenvalue weighted by molar-refractivity contribution is 7.05. The van der Waals surface area contributed by atoms with E-state index in [0.29, 0.717) is 5.92 Å². The van der Waals surface area contributed by atoms with Gasteiger partial charge in [-0.2, -0.15) is 0 Å². The van der Waals surface area contributed by atoms with Gasteiger partial charge in [-0.05, 0) is 23.5 Å². The fraction of sp³-hybridized carbons (Fsp3) is 0.600. The molecule has 6 heteroatoms. The van der Waals surface area contributed by atoms with Crippen molar-refractivity contribution in [3.63, 3.8) is 0 Å². The Labute approximate surface area is 98.8 Å². The highest BCUT2D eigenvalue weighted by atomic mass is 32.1. The average Bonchev–Trinajstić information content (AvgIpc) is 2.88. The van der Waals surface area contributed by atoms with Gasteiger partial charge in [0.05, 0.1) is 17.2 Å². The topological polar surface area (TPSA) is 73.1 Å². The van der Waals surface area contributed by atoms with E-state index >= 15 is 0 Å². The van der Waals surface area contributed by atoms with Crippen molar-refractivity contribution in [3.8, 4) is 0 Å². The third kappa shape index (κ3) is 2.09. The van der Waals surface area contributed by atoms with E-state index in [2.05, 4.69) is 34.9 Å². The van der Waals surface area contributed by atoms with Gasteiger partial charge >= 0.3 is 0 Å². The number of nitrogens with two attached hydrogens (primary N) is 1. The number of nitrogens with one attached hydrogen (secondary N) is 1. The van der Waals surface area contributed by atoms with E-state index in [4.69, 9.17) is 10.6 Å². The standard InChI is InChI=1S/C10H16N4OS/c1-6(2)8-10(16-14-13-8)9(12-11)7-4-3-5-15-7/h4,6,9,12H,3,5,11H2,1-2H3. The van der Waals surface area contributed by atoms with Gasteiger partial charge in [0.1, 0.15) is 11.8 Å². The lowest BCUT2D eigenvalue weighted by Crippen LogP contribution is -2.29. The lowest BCUT2D eigenvalue weighted by Gasteiger charge is -2.17. The molecule has 0 aromatic carbocycles. The van der Waals surface area contributed by atoms with Crippen molar-refractivity contribution >= 4 is 11.5 Å². The van der Waals surface area contributed by atoms with Gasteiger partial charge in [-0.25, -0.2) is 5.43 Å². The van der Waals surface area contributed by atoms with Crippen LogP contribution in [0.3, 0.4) is 0 Å². The molecule has 0 saturated heterocycles. The van der Waals surface area contributed by atoms with Crippen LogP contribution in [0.4, 0.5) is 0 Å². The maximum Gasteiger partial charge on any atom is 0.116 e. The third-order valence-corrected chi connectivity index (χ3v) is 3.34. The predicted molar refractivity (Wildman–Crippen MR) is 62.7 cm³/mol. The van der Waals surface area contributed by atoms with Gasteiger partial charge in [0.2, 0.25) is 0 Å². The molecule has 2 heterocycles. The highest BCUT2D eigenvalue weighted by Gasteiger charge is 2.26. The van der Waals surface area contributed by atoms with Gasteiger partial charge in [0, 0.05) is 6.42 Å². The molecule has 0 amide bonds. The average molecular weight is 240 g/mol. The van der Waals surface area contributed by atoms with Crippen molar-refractivity contribution in [2.75, 3.05) is 6.61 Å². The molecule has 0 radical (unpaired) electrons. The number of aromatic nitrogens is 2. The van der Waals surface area contributed by atoms with Gasteiger partial charge in [0.15, 0.2) is 0 Å². The van der Waals surface area contributed by atoms with Crippen LogP contribution in [0.1, 0.15) is 42.8 Å². The van der Waals surface area contributed by atoms with Gasteiger partial charge in [-0.3, -0.25) is 5.84 Å². The summed E-state index contributed by atoms with van der Waals surface area (Å²) in [7, 11) is 0. The Morgan fingerprint density at radius 1 is 1.56 bits per heavy atom. The summed E-state index contributed by atoms with van der Waals surface area (Å²) in [4.78, 5) is 1.05. The van der Waals surface area contributed by atoms with Crippen LogP contribution in [0.15, 0.2) is 11.8 Å². The second-order valence-corrected chi connectivity index (χ2v) is 4.81. The van der Waals surface area contributed by atoms with E-state index in [1.54, 1.807) is 0 Å². The molecule has 1 aliphatic heterocycles. The summed E-state index contributed by atoms with van der Waals surface area (Å²) in [5.74, 6) is 6.82.